The molecule has 0 bridgehead atoms. The average Bonchev–Trinajstić information content (AvgIpc) is 3.25. The summed E-state index contributed by atoms with van der Waals surface area (Å²) < 4.78 is 16.9. The fraction of sp³-hybridized carbons (Fsp3) is 0.231. The fourth-order valence-corrected chi connectivity index (χ4v) is 4.65. The summed E-state index contributed by atoms with van der Waals surface area (Å²) in [6, 6.07) is 18.5. The van der Waals surface area contributed by atoms with Crippen molar-refractivity contribution in [2.45, 2.75) is 19.1 Å². The fourth-order valence-electron chi connectivity index (χ4n) is 4.65. The number of aromatic amines is 1. The Bertz CT molecular complexity index is 1350. The summed E-state index contributed by atoms with van der Waals surface area (Å²) in [5, 5.41) is 14.4. The zero-order valence-corrected chi connectivity index (χ0v) is 19.0. The lowest BCUT2D eigenvalue weighted by molar-refractivity contribution is -0.690. The number of fused-ring (bicyclic) bond motifs is 3. The van der Waals surface area contributed by atoms with Crippen LogP contribution in [-0.2, 0) is 13.0 Å². The maximum Gasteiger partial charge on any atom is 0.269 e. The number of aromatic nitrogens is 1. The monoisotopic (exact) mass is 460 g/mol. The molecular formula is C26H26N3O5+. The topological polar surface area (TPSA) is 103 Å². The summed E-state index contributed by atoms with van der Waals surface area (Å²) in [6.45, 7) is 1.28. The van der Waals surface area contributed by atoms with E-state index in [1.54, 1.807) is 26.4 Å². The molecule has 1 atom stereocenters. The molecule has 0 saturated carbocycles. The van der Waals surface area contributed by atoms with E-state index in [2.05, 4.69) is 34.6 Å². The number of nitrogens with two attached hydrogens (primary N) is 1. The van der Waals surface area contributed by atoms with Crippen LogP contribution < -0.4 is 19.5 Å². The highest BCUT2D eigenvalue weighted by Gasteiger charge is 2.29. The van der Waals surface area contributed by atoms with Crippen molar-refractivity contribution in [2.75, 3.05) is 20.8 Å². The van der Waals surface area contributed by atoms with Crippen molar-refractivity contribution in [3.05, 3.63) is 93.2 Å². The number of ether oxygens (including phenoxy) is 3. The van der Waals surface area contributed by atoms with Gasteiger partial charge in [0.1, 0.15) is 23.9 Å². The lowest BCUT2D eigenvalue weighted by Crippen LogP contribution is -2.87. The van der Waals surface area contributed by atoms with Gasteiger partial charge in [-0.2, -0.15) is 0 Å². The third-order valence-corrected chi connectivity index (χ3v) is 6.36. The van der Waals surface area contributed by atoms with Gasteiger partial charge in [0.15, 0.2) is 6.04 Å². The second kappa shape index (κ2) is 9.07. The number of nitro benzene ring substituents is 1. The van der Waals surface area contributed by atoms with Gasteiger partial charge in [-0.1, -0.05) is 0 Å². The van der Waals surface area contributed by atoms with Gasteiger partial charge in [-0.05, 0) is 54.1 Å². The minimum Gasteiger partial charge on any atom is -0.497 e. The second-order valence-electron chi connectivity index (χ2n) is 8.29. The number of quaternary nitrogens is 1. The van der Waals surface area contributed by atoms with E-state index in [1.165, 1.54) is 28.8 Å². The lowest BCUT2D eigenvalue weighted by Gasteiger charge is -2.22. The molecule has 0 amide bonds. The molecule has 0 spiro atoms. The Labute approximate surface area is 196 Å². The SMILES string of the molecule is COc1ccc2[nH]c3c(c2c1)CC[NH2+][C@@H]3c1ccc(OC)c(COc2ccc([N+](=O)[O-])cc2)c1. The van der Waals surface area contributed by atoms with Crippen molar-refractivity contribution in [1.82, 2.24) is 4.98 Å². The molecule has 3 N–H and O–H groups in total. The van der Waals surface area contributed by atoms with Crippen LogP contribution in [0.4, 0.5) is 5.69 Å². The Balaban J connectivity index is 1.44. The normalized spacial score (nSPS) is 15.1. The van der Waals surface area contributed by atoms with Crippen molar-refractivity contribution in [2.24, 2.45) is 0 Å². The number of non-ortho nitro benzene ring substituents is 1. The van der Waals surface area contributed by atoms with Crippen LogP contribution in [0.3, 0.4) is 0 Å². The first-order valence-corrected chi connectivity index (χ1v) is 11.1. The number of benzene rings is 3. The zero-order chi connectivity index (χ0) is 23.7. The maximum atomic E-state index is 10.9. The third kappa shape index (κ3) is 4.04. The second-order valence-corrected chi connectivity index (χ2v) is 8.29. The number of rotatable bonds is 7. The standard InChI is InChI=1S/C26H25N3O5/c1-32-20-8-9-23-22(14-20)21-11-12-27-25(26(21)28-23)16-3-10-24(33-2)17(13-16)15-34-19-6-4-18(5-7-19)29(30)31/h3-10,13-14,25,27-28H,11-12,15H2,1-2H3/p+1/t25-/m1/s1. The number of nitrogens with zero attached hydrogens (tertiary/aromatic N) is 1. The van der Waals surface area contributed by atoms with E-state index in [-0.39, 0.29) is 18.3 Å². The Morgan fingerprint density at radius 3 is 2.56 bits per heavy atom. The zero-order valence-electron chi connectivity index (χ0n) is 19.0. The lowest BCUT2D eigenvalue weighted by atomic mass is 9.93. The van der Waals surface area contributed by atoms with Crippen molar-refractivity contribution in [3.8, 4) is 17.2 Å². The number of hydrogen-bond acceptors (Lipinski definition) is 5. The summed E-state index contributed by atoms with van der Waals surface area (Å²) in [5.74, 6) is 2.16. The van der Waals surface area contributed by atoms with E-state index in [0.717, 1.165) is 41.1 Å². The van der Waals surface area contributed by atoms with Crippen LogP contribution in [0.5, 0.6) is 17.2 Å². The molecule has 1 aliphatic heterocycles. The molecule has 1 aromatic heterocycles. The molecule has 0 fully saturated rings. The van der Waals surface area contributed by atoms with E-state index in [1.807, 2.05) is 12.1 Å². The van der Waals surface area contributed by atoms with E-state index < -0.39 is 4.92 Å². The van der Waals surface area contributed by atoms with Crippen LogP contribution in [0.1, 0.15) is 28.4 Å². The molecule has 34 heavy (non-hydrogen) atoms. The summed E-state index contributed by atoms with van der Waals surface area (Å²) in [7, 11) is 3.33. The van der Waals surface area contributed by atoms with Crippen molar-refractivity contribution >= 4 is 16.6 Å². The van der Waals surface area contributed by atoms with Gasteiger partial charge >= 0.3 is 0 Å². The molecule has 8 nitrogen and oxygen atoms in total. The Morgan fingerprint density at radius 2 is 1.82 bits per heavy atom. The molecule has 3 aromatic carbocycles. The van der Waals surface area contributed by atoms with Gasteiger partial charge < -0.3 is 24.5 Å². The van der Waals surface area contributed by atoms with Crippen LogP contribution in [0.2, 0.25) is 0 Å². The summed E-state index contributed by atoms with van der Waals surface area (Å²) >= 11 is 0. The van der Waals surface area contributed by atoms with Gasteiger partial charge in [-0.15, -0.1) is 0 Å². The molecule has 174 valence electrons. The first-order valence-electron chi connectivity index (χ1n) is 11.1. The van der Waals surface area contributed by atoms with Gasteiger partial charge in [0, 0.05) is 40.6 Å². The molecule has 0 unspecified atom stereocenters. The number of nitro groups is 1. The summed E-state index contributed by atoms with van der Waals surface area (Å²) in [5.41, 5.74) is 5.76. The third-order valence-electron chi connectivity index (χ3n) is 6.36. The number of methoxy groups -OCH3 is 2. The number of H-pyrrole nitrogens is 1. The van der Waals surface area contributed by atoms with Crippen LogP contribution in [-0.4, -0.2) is 30.7 Å². The van der Waals surface area contributed by atoms with Gasteiger partial charge in [0.2, 0.25) is 0 Å². The van der Waals surface area contributed by atoms with Crippen molar-refractivity contribution in [3.63, 3.8) is 0 Å². The highest BCUT2D eigenvalue weighted by molar-refractivity contribution is 5.86. The molecule has 8 heteroatoms. The minimum absolute atomic E-state index is 0.0338. The Hall–Kier alpha value is -4.04. The summed E-state index contributed by atoms with van der Waals surface area (Å²) in [4.78, 5) is 14.1. The average molecular weight is 461 g/mol. The highest BCUT2D eigenvalue weighted by atomic mass is 16.6. The van der Waals surface area contributed by atoms with Crippen LogP contribution in [0.25, 0.3) is 10.9 Å². The molecule has 1 aliphatic rings. The number of hydrogen-bond donors (Lipinski definition) is 2. The van der Waals surface area contributed by atoms with Gasteiger partial charge in [0.25, 0.3) is 5.69 Å². The maximum absolute atomic E-state index is 10.9. The summed E-state index contributed by atoms with van der Waals surface area (Å²) in [6.07, 6.45) is 0.991. The molecule has 0 radical (unpaired) electrons. The smallest absolute Gasteiger partial charge is 0.269 e. The first-order chi connectivity index (χ1) is 16.6. The quantitative estimate of drug-likeness (QED) is 0.322. The van der Waals surface area contributed by atoms with E-state index >= 15 is 0 Å². The molecular weight excluding hydrogens is 434 g/mol. The Kier molecular flexibility index (Phi) is 5.81. The molecule has 4 aromatic rings. The van der Waals surface area contributed by atoms with Crippen molar-refractivity contribution < 1.29 is 24.5 Å². The first kappa shape index (κ1) is 21.8. The predicted octanol–water partition coefficient (Wildman–Crippen LogP) is 3.88. The van der Waals surface area contributed by atoms with Gasteiger partial charge in [0.05, 0.1) is 31.4 Å². The van der Waals surface area contributed by atoms with Gasteiger partial charge in [-0.3, -0.25) is 10.1 Å². The molecule has 5 rings (SSSR count). The largest absolute Gasteiger partial charge is 0.497 e. The van der Waals surface area contributed by atoms with Crippen LogP contribution in [0, 0.1) is 10.1 Å². The Morgan fingerprint density at radius 1 is 1.03 bits per heavy atom. The molecule has 0 saturated heterocycles. The minimum atomic E-state index is -0.425. The van der Waals surface area contributed by atoms with Crippen LogP contribution >= 0.6 is 0 Å². The molecule has 2 heterocycles. The van der Waals surface area contributed by atoms with E-state index in [4.69, 9.17) is 14.2 Å². The van der Waals surface area contributed by atoms with E-state index in [9.17, 15) is 10.1 Å². The van der Waals surface area contributed by atoms with Gasteiger partial charge in [-0.25, -0.2) is 0 Å². The highest BCUT2D eigenvalue weighted by Crippen LogP contribution is 2.34. The van der Waals surface area contributed by atoms with Crippen molar-refractivity contribution in [1.29, 1.82) is 0 Å². The van der Waals surface area contributed by atoms with Crippen LogP contribution in [0.15, 0.2) is 60.7 Å². The number of nitrogens with one attached hydrogen (secondary N) is 1. The molecule has 0 aliphatic carbocycles. The predicted molar refractivity (Wildman–Crippen MR) is 128 cm³/mol. The van der Waals surface area contributed by atoms with E-state index in [0.29, 0.717) is 5.75 Å².